The number of sulfone groups is 1. The monoisotopic (exact) mass is 274 g/mol. The van der Waals surface area contributed by atoms with Crippen LogP contribution in [-0.4, -0.2) is 28.2 Å². The first-order valence-electron chi connectivity index (χ1n) is 4.40. The molecule has 1 aromatic carbocycles. The summed E-state index contributed by atoms with van der Waals surface area (Å²) < 4.78 is 46.7. The Morgan fingerprint density at radius 1 is 1.18 bits per heavy atom. The number of rotatable bonds is 4. The van der Waals surface area contributed by atoms with E-state index < -0.39 is 24.9 Å². The lowest BCUT2D eigenvalue weighted by atomic mass is 10.2. The van der Waals surface area contributed by atoms with Crippen LogP contribution in [0.25, 0.3) is 0 Å². The average molecular weight is 274 g/mol. The summed E-state index contributed by atoms with van der Waals surface area (Å²) in [5.74, 6) is 0. The Balaban J connectivity index is 2.88. The molecule has 6 nitrogen and oxygen atoms in total. The van der Waals surface area contributed by atoms with Crippen LogP contribution in [-0.2, 0) is 19.9 Å². The first-order valence-corrected chi connectivity index (χ1v) is 8.11. The average Bonchev–Trinajstić information content (AvgIpc) is 2.14. The Hall–Kier alpha value is -1.59. The molecule has 0 aromatic heterocycles. The van der Waals surface area contributed by atoms with Gasteiger partial charge in [0, 0.05) is 11.9 Å². The van der Waals surface area contributed by atoms with Crippen LogP contribution in [0.15, 0.2) is 24.3 Å². The molecule has 0 amide bonds. The molecule has 1 N–H and O–H groups in total. The molecule has 0 spiro atoms. The number of nitriles is 1. The van der Waals surface area contributed by atoms with Crippen LogP contribution < -0.4 is 4.72 Å². The second-order valence-corrected chi connectivity index (χ2v) is 7.68. The van der Waals surface area contributed by atoms with E-state index in [1.807, 2.05) is 6.07 Å². The minimum absolute atomic E-state index is 0.215. The molecule has 8 heteroatoms. The zero-order valence-electron chi connectivity index (χ0n) is 8.91. The van der Waals surface area contributed by atoms with E-state index in [0.29, 0.717) is 5.56 Å². The highest BCUT2D eigenvalue weighted by Crippen LogP contribution is 2.11. The topological polar surface area (TPSA) is 104 Å². The van der Waals surface area contributed by atoms with Gasteiger partial charge in [-0.1, -0.05) is 0 Å². The van der Waals surface area contributed by atoms with Crippen LogP contribution in [0.1, 0.15) is 5.56 Å². The molecule has 0 aliphatic carbocycles. The molecular formula is C9H10N2O4S2. The first-order chi connectivity index (χ1) is 7.72. The molecule has 1 aromatic rings. The Bertz CT molecular complexity index is 639. The van der Waals surface area contributed by atoms with E-state index in [-0.39, 0.29) is 5.69 Å². The summed E-state index contributed by atoms with van der Waals surface area (Å²) in [4.78, 5) is 0. The lowest BCUT2D eigenvalue weighted by Crippen LogP contribution is -2.22. The summed E-state index contributed by atoms with van der Waals surface area (Å²) in [5.41, 5.74) is 0.601. The van der Waals surface area contributed by atoms with Gasteiger partial charge in [-0.2, -0.15) is 5.26 Å². The Kier molecular flexibility index (Phi) is 3.75. The number of hydrogen-bond donors (Lipinski definition) is 1. The molecule has 17 heavy (non-hydrogen) atoms. The van der Waals surface area contributed by atoms with Crippen molar-refractivity contribution in [1.29, 1.82) is 5.26 Å². The maximum atomic E-state index is 11.4. The normalized spacial score (nSPS) is 11.8. The van der Waals surface area contributed by atoms with Gasteiger partial charge >= 0.3 is 0 Å². The minimum Gasteiger partial charge on any atom is -0.283 e. The molecule has 0 aliphatic rings. The summed E-state index contributed by atoms with van der Waals surface area (Å²) in [6.07, 6.45) is 0.838. The fourth-order valence-electron chi connectivity index (χ4n) is 1.10. The van der Waals surface area contributed by atoms with Crippen molar-refractivity contribution in [3.8, 4) is 6.07 Å². The molecule has 0 atom stereocenters. The Morgan fingerprint density at radius 2 is 1.71 bits per heavy atom. The third kappa shape index (κ3) is 4.84. The summed E-state index contributed by atoms with van der Waals surface area (Å²) in [6.45, 7) is 0. The van der Waals surface area contributed by atoms with E-state index in [1.54, 1.807) is 0 Å². The summed E-state index contributed by atoms with van der Waals surface area (Å²) in [6, 6.07) is 7.51. The van der Waals surface area contributed by atoms with Crippen molar-refractivity contribution in [3.05, 3.63) is 29.8 Å². The lowest BCUT2D eigenvalue weighted by molar-refractivity contribution is 0.595. The number of benzene rings is 1. The van der Waals surface area contributed by atoms with E-state index in [0.717, 1.165) is 6.26 Å². The number of nitrogens with one attached hydrogen (secondary N) is 1. The predicted molar refractivity (Wildman–Crippen MR) is 63.4 cm³/mol. The van der Waals surface area contributed by atoms with Gasteiger partial charge in [-0.15, -0.1) is 0 Å². The van der Waals surface area contributed by atoms with Crippen LogP contribution in [0.2, 0.25) is 0 Å². The van der Waals surface area contributed by atoms with Gasteiger partial charge in [0.05, 0.1) is 11.6 Å². The first kappa shape index (κ1) is 13.5. The van der Waals surface area contributed by atoms with Gasteiger partial charge in [-0.3, -0.25) is 4.72 Å². The fourth-order valence-corrected chi connectivity index (χ4v) is 4.09. The van der Waals surface area contributed by atoms with Crippen LogP contribution in [0.3, 0.4) is 0 Å². The molecule has 0 saturated carbocycles. The van der Waals surface area contributed by atoms with Gasteiger partial charge in [0.1, 0.15) is 0 Å². The van der Waals surface area contributed by atoms with Gasteiger partial charge in [0.25, 0.3) is 0 Å². The van der Waals surface area contributed by atoms with E-state index in [2.05, 4.69) is 4.72 Å². The smallest absolute Gasteiger partial charge is 0.247 e. The second-order valence-electron chi connectivity index (χ2n) is 3.45. The molecule has 0 bridgehead atoms. The number of nitrogens with zero attached hydrogens (tertiary/aromatic N) is 1. The van der Waals surface area contributed by atoms with Crippen molar-refractivity contribution in [3.63, 3.8) is 0 Å². The van der Waals surface area contributed by atoms with Gasteiger partial charge < -0.3 is 0 Å². The van der Waals surface area contributed by atoms with Crippen molar-refractivity contribution in [1.82, 2.24) is 0 Å². The van der Waals surface area contributed by atoms with Crippen LogP contribution in [0.4, 0.5) is 5.69 Å². The molecular weight excluding hydrogens is 264 g/mol. The molecule has 0 aliphatic heterocycles. The van der Waals surface area contributed by atoms with Crippen LogP contribution in [0, 0.1) is 11.3 Å². The molecule has 0 unspecified atom stereocenters. The standard InChI is InChI=1S/C9H10N2O4S2/c1-16(12,13)7-17(14,15)11-9-4-2-8(6-10)3-5-9/h2-5,11H,7H2,1H3. The summed E-state index contributed by atoms with van der Waals surface area (Å²) >= 11 is 0. The molecule has 92 valence electrons. The van der Waals surface area contributed by atoms with Crippen molar-refractivity contribution in [2.75, 3.05) is 16.1 Å². The third-order valence-electron chi connectivity index (χ3n) is 1.66. The zero-order valence-corrected chi connectivity index (χ0v) is 10.5. The van der Waals surface area contributed by atoms with Crippen molar-refractivity contribution in [2.45, 2.75) is 0 Å². The molecule has 0 fully saturated rings. The molecule has 0 radical (unpaired) electrons. The number of sulfonamides is 1. The van der Waals surface area contributed by atoms with Gasteiger partial charge in [-0.25, -0.2) is 16.8 Å². The van der Waals surface area contributed by atoms with E-state index in [4.69, 9.17) is 5.26 Å². The van der Waals surface area contributed by atoms with Gasteiger partial charge in [-0.05, 0) is 24.3 Å². The second kappa shape index (κ2) is 4.73. The number of hydrogen-bond acceptors (Lipinski definition) is 5. The largest absolute Gasteiger partial charge is 0.283 e. The van der Waals surface area contributed by atoms with Crippen LogP contribution >= 0.6 is 0 Å². The van der Waals surface area contributed by atoms with E-state index in [1.165, 1.54) is 24.3 Å². The molecule has 1 rings (SSSR count). The van der Waals surface area contributed by atoms with Crippen molar-refractivity contribution >= 4 is 25.5 Å². The van der Waals surface area contributed by atoms with Gasteiger partial charge in [0.15, 0.2) is 14.9 Å². The van der Waals surface area contributed by atoms with Crippen LogP contribution in [0.5, 0.6) is 0 Å². The lowest BCUT2D eigenvalue weighted by Gasteiger charge is -2.06. The minimum atomic E-state index is -3.93. The van der Waals surface area contributed by atoms with E-state index in [9.17, 15) is 16.8 Å². The van der Waals surface area contributed by atoms with E-state index >= 15 is 0 Å². The highest BCUT2D eigenvalue weighted by molar-refractivity contribution is 8.08. The Morgan fingerprint density at radius 3 is 2.12 bits per heavy atom. The molecule has 0 saturated heterocycles. The third-order valence-corrected chi connectivity index (χ3v) is 5.16. The maximum Gasteiger partial charge on any atom is 0.247 e. The fraction of sp³-hybridized carbons (Fsp3) is 0.222. The van der Waals surface area contributed by atoms with Crippen molar-refractivity contribution < 1.29 is 16.8 Å². The highest BCUT2D eigenvalue weighted by Gasteiger charge is 2.17. The summed E-state index contributed by atoms with van der Waals surface area (Å²) in [7, 11) is -7.55. The predicted octanol–water partition coefficient (Wildman–Crippen LogP) is 0.302. The summed E-state index contributed by atoms with van der Waals surface area (Å²) in [5, 5.41) is 7.57. The highest BCUT2D eigenvalue weighted by atomic mass is 32.3. The van der Waals surface area contributed by atoms with Crippen molar-refractivity contribution in [2.24, 2.45) is 0 Å². The zero-order chi connectivity index (χ0) is 13.1. The maximum absolute atomic E-state index is 11.4. The van der Waals surface area contributed by atoms with Gasteiger partial charge in [0.2, 0.25) is 10.0 Å². The molecule has 0 heterocycles. The SMILES string of the molecule is CS(=O)(=O)CS(=O)(=O)Nc1ccc(C#N)cc1. The Labute approximate surface area is 99.9 Å². The quantitative estimate of drug-likeness (QED) is 0.850. The number of anilines is 1.